The molecule has 0 heterocycles. The van der Waals surface area contributed by atoms with Crippen LogP contribution in [0.1, 0.15) is 22.3 Å². The number of hydrogen-bond donors (Lipinski definition) is 4. The quantitative estimate of drug-likeness (QED) is 0.0876. The van der Waals surface area contributed by atoms with Crippen molar-refractivity contribution in [1.82, 2.24) is 0 Å². The summed E-state index contributed by atoms with van der Waals surface area (Å²) >= 11 is 0. The third kappa shape index (κ3) is 8.84. The van der Waals surface area contributed by atoms with Crippen molar-refractivity contribution in [2.75, 3.05) is 41.2 Å². The van der Waals surface area contributed by atoms with Crippen molar-refractivity contribution < 1.29 is 14.9 Å². The molecule has 0 aliphatic carbocycles. The van der Waals surface area contributed by atoms with Crippen LogP contribution in [0, 0.1) is 0 Å². The molecule has 49 heavy (non-hydrogen) atoms. The van der Waals surface area contributed by atoms with Gasteiger partial charge in [-0.3, -0.25) is 0 Å². The molecule has 0 saturated carbocycles. The highest BCUT2D eigenvalue weighted by atomic mass is 16.5. The number of hydrogen-bond acceptors (Lipinski definition) is 7. The fourth-order valence-electron chi connectivity index (χ4n) is 5.66. The van der Waals surface area contributed by atoms with Crippen LogP contribution in [0.4, 0.5) is 22.7 Å². The molecule has 0 fully saturated rings. The number of phenolic OH excluding ortho intramolecular Hbond substituents is 2. The van der Waals surface area contributed by atoms with Crippen LogP contribution in [0.5, 0.6) is 23.0 Å². The molecule has 0 atom stereocenters. The zero-order chi connectivity index (χ0) is 34.0. The fourth-order valence-corrected chi connectivity index (χ4v) is 5.66. The Hall–Kier alpha value is -6.08. The minimum Gasteiger partial charge on any atom is -0.508 e. The highest BCUT2D eigenvalue weighted by Gasteiger charge is 2.12. The van der Waals surface area contributed by atoms with Gasteiger partial charge in [-0.15, -0.1) is 0 Å². The largest absolute Gasteiger partial charge is 0.508 e. The molecule has 6 rings (SSSR count). The number of nitrogens with zero attached hydrogens (tertiary/aromatic N) is 2. The van der Waals surface area contributed by atoms with Gasteiger partial charge in [0.1, 0.15) is 23.0 Å². The molecule has 7 nitrogen and oxygen atoms in total. The Labute approximate surface area is 288 Å². The molecule has 248 valence electrons. The fraction of sp³-hybridized carbons (Fsp3) is 0.143. The smallest absolute Gasteiger partial charge is 0.127 e. The first-order valence-electron chi connectivity index (χ1n) is 16.4. The summed E-state index contributed by atoms with van der Waals surface area (Å²) in [6.07, 6.45) is 0.815. The third-order valence-corrected chi connectivity index (χ3v) is 8.55. The molecule has 0 aliphatic rings. The topological polar surface area (TPSA) is 80.2 Å². The van der Waals surface area contributed by atoms with Gasteiger partial charge in [-0.2, -0.15) is 0 Å². The van der Waals surface area contributed by atoms with Crippen molar-refractivity contribution in [1.29, 1.82) is 0 Å². The molecular formula is C42H42N4O3. The molecule has 4 N–H and O–H groups in total. The summed E-state index contributed by atoms with van der Waals surface area (Å²) in [5.74, 6) is 2.14. The maximum Gasteiger partial charge on any atom is 0.127 e. The molecule has 6 aromatic rings. The first-order chi connectivity index (χ1) is 23.9. The number of ether oxygens (including phenoxy) is 1. The molecule has 0 amide bonds. The normalized spacial score (nSPS) is 10.7. The van der Waals surface area contributed by atoms with Gasteiger partial charge < -0.3 is 35.4 Å². The molecule has 6 aromatic carbocycles. The van der Waals surface area contributed by atoms with Crippen LogP contribution in [-0.2, 0) is 19.5 Å². The van der Waals surface area contributed by atoms with Gasteiger partial charge in [-0.1, -0.05) is 60.7 Å². The maximum atomic E-state index is 10.5. The summed E-state index contributed by atoms with van der Waals surface area (Å²) in [5.41, 5.74) is 8.33. The van der Waals surface area contributed by atoms with Gasteiger partial charge in [-0.25, -0.2) is 0 Å². The molecular weight excluding hydrogens is 608 g/mol. The lowest BCUT2D eigenvalue weighted by Gasteiger charge is -2.26. The molecule has 0 bridgehead atoms. The summed E-state index contributed by atoms with van der Waals surface area (Å²) in [7, 11) is 3.93. The zero-order valence-corrected chi connectivity index (χ0v) is 27.9. The molecule has 0 aromatic heterocycles. The molecule has 0 radical (unpaired) electrons. The van der Waals surface area contributed by atoms with E-state index < -0.39 is 0 Å². The second-order valence-corrected chi connectivity index (χ2v) is 12.1. The molecule has 0 unspecified atom stereocenters. The third-order valence-electron chi connectivity index (χ3n) is 8.55. The van der Waals surface area contributed by atoms with Gasteiger partial charge >= 0.3 is 0 Å². The van der Waals surface area contributed by atoms with E-state index in [9.17, 15) is 10.2 Å². The Morgan fingerprint density at radius 1 is 0.551 bits per heavy atom. The lowest BCUT2D eigenvalue weighted by molar-refractivity contribution is 0.467. The second kappa shape index (κ2) is 15.7. The number of benzene rings is 6. The zero-order valence-electron chi connectivity index (χ0n) is 27.9. The first kappa shape index (κ1) is 32.8. The second-order valence-electron chi connectivity index (χ2n) is 12.1. The predicted molar refractivity (Wildman–Crippen MR) is 201 cm³/mol. The lowest BCUT2D eigenvalue weighted by Crippen LogP contribution is -2.28. The van der Waals surface area contributed by atoms with E-state index in [0.29, 0.717) is 25.5 Å². The highest BCUT2D eigenvalue weighted by molar-refractivity contribution is 5.54. The Morgan fingerprint density at radius 3 is 1.57 bits per heavy atom. The average Bonchev–Trinajstić information content (AvgIpc) is 3.13. The first-order valence-corrected chi connectivity index (χ1v) is 16.4. The average molecular weight is 651 g/mol. The van der Waals surface area contributed by atoms with E-state index in [2.05, 4.69) is 69.0 Å². The SMILES string of the molecule is CNc1ccc(Oc2ccc(NCN(Cc3ccccc3O)c3ccc(Cc4ccc(N(C)Cc5ccccc5O)cc4)cc3)cc2)cc1. The minimum atomic E-state index is 0.281. The van der Waals surface area contributed by atoms with Gasteiger partial charge in [-0.05, 0) is 102 Å². The summed E-state index contributed by atoms with van der Waals surface area (Å²) in [5, 5.41) is 27.3. The molecule has 0 spiro atoms. The monoisotopic (exact) mass is 650 g/mol. The molecule has 0 aliphatic heterocycles. The predicted octanol–water partition coefficient (Wildman–Crippen LogP) is 9.24. The van der Waals surface area contributed by atoms with Gasteiger partial charge in [0, 0.05) is 61.1 Å². The minimum absolute atomic E-state index is 0.281. The number of rotatable bonds is 14. The van der Waals surface area contributed by atoms with E-state index >= 15 is 0 Å². The number of nitrogens with one attached hydrogen (secondary N) is 2. The van der Waals surface area contributed by atoms with Crippen LogP contribution < -0.4 is 25.2 Å². The van der Waals surface area contributed by atoms with Crippen molar-refractivity contribution in [2.45, 2.75) is 19.5 Å². The standard InChI is InChI=1S/C42H42N4O3/c1-43-35-15-23-39(24-16-35)49-40-25-17-36(18-26-40)44-30-46(29-34-8-4-6-10-42(34)48)38-21-13-32(14-22-38)27-31-11-19-37(20-12-31)45(2)28-33-7-3-5-9-41(33)47/h3-26,43-44,47-48H,27-30H2,1-2H3. The van der Waals surface area contributed by atoms with Gasteiger partial charge in [0.2, 0.25) is 0 Å². The van der Waals surface area contributed by atoms with Gasteiger partial charge in [0.05, 0.1) is 6.67 Å². The van der Waals surface area contributed by atoms with Crippen LogP contribution in [-0.4, -0.2) is 31.0 Å². The van der Waals surface area contributed by atoms with E-state index in [4.69, 9.17) is 4.74 Å². The summed E-state index contributed by atoms with van der Waals surface area (Å²) in [6, 6.07) is 47.9. The van der Waals surface area contributed by atoms with Crippen molar-refractivity contribution >= 4 is 22.7 Å². The van der Waals surface area contributed by atoms with E-state index in [1.54, 1.807) is 12.1 Å². The van der Waals surface area contributed by atoms with Crippen LogP contribution >= 0.6 is 0 Å². The number of para-hydroxylation sites is 2. The van der Waals surface area contributed by atoms with Crippen molar-refractivity contribution in [3.05, 3.63) is 168 Å². The van der Waals surface area contributed by atoms with Crippen LogP contribution in [0.2, 0.25) is 0 Å². The maximum absolute atomic E-state index is 10.5. The molecule has 0 saturated heterocycles. The number of anilines is 4. The summed E-state index contributed by atoms with van der Waals surface area (Å²) in [6.45, 7) is 1.71. The Balaban J connectivity index is 1.10. The van der Waals surface area contributed by atoms with Crippen molar-refractivity contribution in [3.63, 3.8) is 0 Å². The highest BCUT2D eigenvalue weighted by Crippen LogP contribution is 2.27. The van der Waals surface area contributed by atoms with E-state index in [0.717, 1.165) is 51.8 Å². The number of aromatic hydroxyl groups is 2. The van der Waals surface area contributed by atoms with Crippen LogP contribution in [0.25, 0.3) is 0 Å². The van der Waals surface area contributed by atoms with Crippen molar-refractivity contribution in [3.8, 4) is 23.0 Å². The Kier molecular flexibility index (Phi) is 10.5. The van der Waals surface area contributed by atoms with Crippen LogP contribution in [0.15, 0.2) is 146 Å². The molecule has 7 heteroatoms. The Bertz CT molecular complexity index is 1930. The van der Waals surface area contributed by atoms with E-state index in [1.807, 2.05) is 99.0 Å². The van der Waals surface area contributed by atoms with Crippen molar-refractivity contribution in [2.24, 2.45) is 0 Å². The summed E-state index contributed by atoms with van der Waals surface area (Å²) < 4.78 is 6.01. The van der Waals surface area contributed by atoms with E-state index in [-0.39, 0.29) is 5.75 Å². The van der Waals surface area contributed by atoms with Crippen LogP contribution in [0.3, 0.4) is 0 Å². The van der Waals surface area contributed by atoms with Gasteiger partial charge in [0.15, 0.2) is 0 Å². The summed E-state index contributed by atoms with van der Waals surface area (Å²) in [4.78, 5) is 4.34. The van der Waals surface area contributed by atoms with Gasteiger partial charge in [0.25, 0.3) is 0 Å². The Morgan fingerprint density at radius 2 is 1.04 bits per heavy atom. The lowest BCUT2D eigenvalue weighted by atomic mass is 10.0. The number of phenols is 2. The van der Waals surface area contributed by atoms with E-state index in [1.165, 1.54) is 11.1 Å².